The van der Waals surface area contributed by atoms with Gasteiger partial charge in [0.1, 0.15) is 17.3 Å². The highest BCUT2D eigenvalue weighted by Crippen LogP contribution is 2.21. The summed E-state index contributed by atoms with van der Waals surface area (Å²) in [5.41, 5.74) is 2.25. The average molecular weight is 460 g/mol. The summed E-state index contributed by atoms with van der Waals surface area (Å²) in [6, 6.07) is 11.8. The third kappa shape index (κ3) is 5.04. The van der Waals surface area contributed by atoms with E-state index in [2.05, 4.69) is 16.9 Å². The molecule has 1 unspecified atom stereocenters. The lowest BCUT2D eigenvalue weighted by atomic mass is 10.1. The highest BCUT2D eigenvalue weighted by atomic mass is 32.2. The van der Waals surface area contributed by atoms with E-state index in [0.717, 1.165) is 23.7 Å². The quantitative estimate of drug-likeness (QED) is 0.606. The molecule has 3 aromatic rings. The zero-order valence-corrected chi connectivity index (χ0v) is 18.8. The van der Waals surface area contributed by atoms with Gasteiger partial charge in [-0.25, -0.2) is 27.6 Å². The van der Waals surface area contributed by atoms with E-state index in [1.807, 2.05) is 31.2 Å². The molecule has 1 saturated heterocycles. The van der Waals surface area contributed by atoms with E-state index in [0.29, 0.717) is 37.8 Å². The first-order valence-corrected chi connectivity index (χ1v) is 11.9. The third-order valence-corrected chi connectivity index (χ3v) is 6.40. The molecular weight excluding hydrogens is 433 g/mol. The number of aryl methyl sites for hydroxylation is 1. The maximum absolute atomic E-state index is 14.9. The number of benzene rings is 2. The van der Waals surface area contributed by atoms with Crippen molar-refractivity contribution in [1.29, 1.82) is 0 Å². The van der Waals surface area contributed by atoms with Gasteiger partial charge in [-0.1, -0.05) is 29.8 Å². The molecule has 2 N–H and O–H groups in total. The van der Waals surface area contributed by atoms with Gasteiger partial charge in [0, 0.05) is 19.0 Å². The van der Waals surface area contributed by atoms with Gasteiger partial charge in [-0.3, -0.25) is 4.90 Å². The molecule has 4 rings (SSSR count). The molecule has 10 heteroatoms. The van der Waals surface area contributed by atoms with Crippen LogP contribution in [0.3, 0.4) is 0 Å². The Balaban J connectivity index is 1.73. The molecule has 0 saturated carbocycles. The van der Waals surface area contributed by atoms with Crippen molar-refractivity contribution in [2.45, 2.75) is 37.8 Å². The summed E-state index contributed by atoms with van der Waals surface area (Å²) in [6.45, 7) is 6.64. The lowest BCUT2D eigenvalue weighted by molar-refractivity contribution is -0.00548. The maximum atomic E-state index is 14.9. The van der Waals surface area contributed by atoms with Crippen LogP contribution in [-0.2, 0) is 27.7 Å². The zero-order chi connectivity index (χ0) is 22.9. The van der Waals surface area contributed by atoms with Crippen LogP contribution in [0.2, 0.25) is 0 Å². The van der Waals surface area contributed by atoms with E-state index < -0.39 is 15.8 Å². The summed E-state index contributed by atoms with van der Waals surface area (Å²) in [6.07, 6.45) is 0.448. The number of ether oxygens (including phenoxy) is 1. The molecule has 1 aliphatic heterocycles. The zero-order valence-electron chi connectivity index (χ0n) is 18.0. The summed E-state index contributed by atoms with van der Waals surface area (Å²) < 4.78 is 45.1. The predicted octanol–water partition coefficient (Wildman–Crippen LogP) is 2.17. The molecule has 0 aliphatic carbocycles. The van der Waals surface area contributed by atoms with E-state index in [-0.39, 0.29) is 16.6 Å². The first-order chi connectivity index (χ1) is 15.2. The van der Waals surface area contributed by atoms with Crippen molar-refractivity contribution in [3.8, 4) is 5.69 Å². The van der Waals surface area contributed by atoms with Crippen LogP contribution in [0.15, 0.2) is 47.4 Å². The minimum absolute atomic E-state index is 0.119. The summed E-state index contributed by atoms with van der Waals surface area (Å²) in [5, 5.41) is 9.72. The van der Waals surface area contributed by atoms with Gasteiger partial charge in [-0.15, -0.1) is 5.10 Å². The Kier molecular flexibility index (Phi) is 6.38. The van der Waals surface area contributed by atoms with E-state index in [4.69, 9.17) is 14.9 Å². The monoisotopic (exact) mass is 459 g/mol. The van der Waals surface area contributed by atoms with Gasteiger partial charge in [-0.2, -0.15) is 0 Å². The van der Waals surface area contributed by atoms with Crippen molar-refractivity contribution in [2.75, 3.05) is 19.8 Å². The Bertz CT molecular complexity index is 1230. The molecule has 2 aromatic carbocycles. The number of sulfonamides is 1. The Morgan fingerprint density at radius 3 is 2.75 bits per heavy atom. The van der Waals surface area contributed by atoms with Crippen LogP contribution < -0.4 is 5.14 Å². The van der Waals surface area contributed by atoms with E-state index in [9.17, 15) is 12.8 Å². The second-order valence-electron chi connectivity index (χ2n) is 8.07. The van der Waals surface area contributed by atoms with Gasteiger partial charge in [0.05, 0.1) is 24.7 Å². The van der Waals surface area contributed by atoms with Crippen molar-refractivity contribution in [3.63, 3.8) is 0 Å². The highest BCUT2D eigenvalue weighted by Gasteiger charge is 2.23. The van der Waals surface area contributed by atoms with Gasteiger partial charge in [0.2, 0.25) is 10.0 Å². The third-order valence-electron chi connectivity index (χ3n) is 5.49. The van der Waals surface area contributed by atoms with E-state index in [1.165, 1.54) is 16.8 Å². The largest absolute Gasteiger partial charge is 0.379 e. The Morgan fingerprint density at radius 2 is 2.06 bits per heavy atom. The molecule has 2 heterocycles. The minimum Gasteiger partial charge on any atom is -0.379 e. The van der Waals surface area contributed by atoms with E-state index >= 15 is 0 Å². The number of nitrogens with zero attached hydrogens (tertiary/aromatic N) is 4. The van der Waals surface area contributed by atoms with Crippen LogP contribution in [-0.4, -0.2) is 53.9 Å². The van der Waals surface area contributed by atoms with Crippen LogP contribution in [0.25, 0.3) is 5.69 Å². The number of halogens is 1. The smallest absolute Gasteiger partial charge is 0.238 e. The molecule has 8 nitrogen and oxygen atoms in total. The number of aromatic nitrogens is 3. The van der Waals surface area contributed by atoms with Crippen molar-refractivity contribution >= 4 is 10.0 Å². The van der Waals surface area contributed by atoms with Gasteiger partial charge < -0.3 is 4.74 Å². The first kappa shape index (κ1) is 22.5. The second kappa shape index (κ2) is 9.07. The molecule has 0 amide bonds. The minimum atomic E-state index is -4.01. The van der Waals surface area contributed by atoms with Crippen LogP contribution >= 0.6 is 0 Å². The van der Waals surface area contributed by atoms with Crippen LogP contribution in [0.1, 0.15) is 29.7 Å². The molecule has 1 aliphatic rings. The molecular formula is C22H26FN5O3S. The fourth-order valence-electron chi connectivity index (χ4n) is 3.79. The lowest BCUT2D eigenvalue weighted by Gasteiger charge is -2.32. The average Bonchev–Trinajstić information content (AvgIpc) is 3.11. The first-order valence-electron chi connectivity index (χ1n) is 10.4. The molecule has 1 atom stereocenters. The summed E-state index contributed by atoms with van der Waals surface area (Å²) in [7, 11) is -4.01. The maximum Gasteiger partial charge on any atom is 0.238 e. The number of hydrogen-bond donors (Lipinski definition) is 1. The topological polar surface area (TPSA) is 103 Å². The molecule has 0 spiro atoms. The van der Waals surface area contributed by atoms with Gasteiger partial charge >= 0.3 is 0 Å². The van der Waals surface area contributed by atoms with Gasteiger partial charge in [0.15, 0.2) is 5.82 Å². The van der Waals surface area contributed by atoms with Gasteiger partial charge in [0.25, 0.3) is 0 Å². The summed E-state index contributed by atoms with van der Waals surface area (Å²) in [4.78, 5) is 6.64. The van der Waals surface area contributed by atoms with Crippen LogP contribution in [0, 0.1) is 12.7 Å². The van der Waals surface area contributed by atoms with Crippen molar-refractivity contribution in [2.24, 2.45) is 5.14 Å². The van der Waals surface area contributed by atoms with Crippen molar-refractivity contribution in [3.05, 3.63) is 71.1 Å². The van der Waals surface area contributed by atoms with Crippen molar-refractivity contribution in [1.82, 2.24) is 19.7 Å². The van der Waals surface area contributed by atoms with Crippen LogP contribution in [0.5, 0.6) is 0 Å². The predicted molar refractivity (Wildman–Crippen MR) is 117 cm³/mol. The fraction of sp³-hybridized carbons (Fsp3) is 0.364. The highest BCUT2D eigenvalue weighted by molar-refractivity contribution is 7.89. The normalized spacial score (nSPS) is 17.6. The molecule has 1 fully saturated rings. The SMILES string of the molecule is Cc1cccc(Cc2nc(CN3CCOCC3C)nn2-c2ccc(S(N)(=O)=O)cc2F)c1. The Hall–Kier alpha value is -2.66. The number of nitrogens with two attached hydrogens (primary N) is 1. The van der Waals surface area contributed by atoms with Crippen molar-refractivity contribution < 1.29 is 17.5 Å². The lowest BCUT2D eigenvalue weighted by Crippen LogP contribution is -2.43. The van der Waals surface area contributed by atoms with Gasteiger partial charge in [-0.05, 0) is 37.6 Å². The number of morpholine rings is 1. The van der Waals surface area contributed by atoms with E-state index in [1.54, 1.807) is 0 Å². The van der Waals surface area contributed by atoms with Crippen LogP contribution in [0.4, 0.5) is 4.39 Å². The number of rotatable bonds is 6. The second-order valence-corrected chi connectivity index (χ2v) is 9.64. The molecule has 0 bridgehead atoms. The summed E-state index contributed by atoms with van der Waals surface area (Å²) in [5.74, 6) is 0.392. The number of primary sulfonamides is 1. The molecule has 1 aromatic heterocycles. The molecule has 170 valence electrons. The molecule has 32 heavy (non-hydrogen) atoms. The Morgan fingerprint density at radius 1 is 1.25 bits per heavy atom. The standard InChI is InChI=1S/C22H26FN5O3S/c1-15-4-3-5-17(10-15)11-22-25-21(13-27-8-9-31-14-16(27)2)26-28(22)20-7-6-18(12-19(20)23)32(24,29)30/h3-7,10,12,16H,8-9,11,13-14H2,1-2H3,(H2,24,29,30). The number of hydrogen-bond acceptors (Lipinski definition) is 6. The fourth-order valence-corrected chi connectivity index (χ4v) is 4.31. The molecule has 0 radical (unpaired) electrons. The Labute approximate surface area is 186 Å². The summed E-state index contributed by atoms with van der Waals surface area (Å²) >= 11 is 0.